The lowest BCUT2D eigenvalue weighted by molar-refractivity contribution is 0.313. The number of benzene rings is 2. The number of aromatic nitrogens is 2. The molecule has 0 spiro atoms. The Bertz CT molecular complexity index is 1100. The van der Waals surface area contributed by atoms with E-state index in [1.807, 2.05) is 0 Å². The van der Waals surface area contributed by atoms with Gasteiger partial charge in [-0.1, -0.05) is 35.0 Å². The Morgan fingerprint density at radius 2 is 1.86 bits per heavy atom. The van der Waals surface area contributed by atoms with Gasteiger partial charge in [0.15, 0.2) is 0 Å². The highest BCUT2D eigenvalue weighted by Crippen LogP contribution is 2.31. The van der Waals surface area contributed by atoms with Crippen LogP contribution in [0.25, 0.3) is 11.4 Å². The molecule has 0 bridgehead atoms. The van der Waals surface area contributed by atoms with Crippen LogP contribution < -0.4 is 9.47 Å². The van der Waals surface area contributed by atoms with Gasteiger partial charge in [-0.05, 0) is 23.8 Å². The van der Waals surface area contributed by atoms with Gasteiger partial charge >= 0.3 is 0 Å². The van der Waals surface area contributed by atoms with Gasteiger partial charge in [-0.25, -0.2) is 8.42 Å². The van der Waals surface area contributed by atoms with E-state index in [0.717, 1.165) is 6.26 Å². The van der Waals surface area contributed by atoms with Crippen molar-refractivity contribution in [3.8, 4) is 22.9 Å². The molecular weight excluding hydrogens is 418 g/mol. The highest BCUT2D eigenvalue weighted by Gasteiger charge is 2.23. The lowest BCUT2D eigenvalue weighted by atomic mass is 10.2. The summed E-state index contributed by atoms with van der Waals surface area (Å²) in [6.45, 7) is -0.00238. The molecule has 8 nitrogen and oxygen atoms in total. The third-order valence-corrected chi connectivity index (χ3v) is 5.77. The van der Waals surface area contributed by atoms with Crippen LogP contribution in [0.2, 0.25) is 5.02 Å². The van der Waals surface area contributed by atoms with E-state index in [1.54, 1.807) is 49.6 Å². The summed E-state index contributed by atoms with van der Waals surface area (Å²) in [7, 11) is -0.472. The summed E-state index contributed by atoms with van der Waals surface area (Å²) in [5, 5.41) is 4.44. The Balaban J connectivity index is 1.86. The molecule has 0 fully saturated rings. The van der Waals surface area contributed by atoms with Crippen LogP contribution in [0.3, 0.4) is 0 Å². The van der Waals surface area contributed by atoms with Crippen molar-refractivity contribution >= 4 is 21.6 Å². The predicted octanol–water partition coefficient (Wildman–Crippen LogP) is 3.37. The van der Waals surface area contributed by atoms with Gasteiger partial charge in [-0.3, -0.25) is 0 Å². The smallest absolute Gasteiger partial charge is 0.242 e. The van der Waals surface area contributed by atoms with Crippen molar-refractivity contribution < 1.29 is 22.4 Å². The largest absolute Gasteiger partial charge is 0.497 e. The monoisotopic (exact) mass is 437 g/mol. The molecule has 0 amide bonds. The first-order valence-electron chi connectivity index (χ1n) is 8.55. The first kappa shape index (κ1) is 21.1. The zero-order valence-electron chi connectivity index (χ0n) is 16.1. The lowest BCUT2D eigenvalue weighted by Gasteiger charge is -2.18. The highest BCUT2D eigenvalue weighted by molar-refractivity contribution is 7.88. The van der Waals surface area contributed by atoms with Crippen LogP contribution >= 0.6 is 11.6 Å². The van der Waals surface area contributed by atoms with Gasteiger partial charge in [0.25, 0.3) is 0 Å². The molecule has 2 aromatic carbocycles. The fraction of sp³-hybridized carbons (Fsp3) is 0.263. The van der Waals surface area contributed by atoms with E-state index < -0.39 is 10.0 Å². The van der Waals surface area contributed by atoms with Crippen LogP contribution in [-0.2, 0) is 23.1 Å². The molecule has 29 heavy (non-hydrogen) atoms. The molecule has 0 atom stereocenters. The SMILES string of the molecule is COc1ccc(-c2noc(CN(Cc3ccccc3Cl)S(C)(=O)=O)n2)c(OC)c1. The van der Waals surface area contributed by atoms with Crippen LogP contribution in [0, 0.1) is 0 Å². The molecule has 154 valence electrons. The molecule has 0 aliphatic heterocycles. The van der Waals surface area contributed by atoms with Crippen LogP contribution in [-0.4, -0.2) is 43.3 Å². The Kier molecular flexibility index (Phi) is 6.41. The second-order valence-electron chi connectivity index (χ2n) is 6.20. The van der Waals surface area contributed by atoms with Crippen LogP contribution in [0.1, 0.15) is 11.5 Å². The summed E-state index contributed by atoms with van der Waals surface area (Å²) in [6, 6.07) is 12.2. The average Bonchev–Trinajstić information content (AvgIpc) is 3.16. The maximum absolute atomic E-state index is 12.3. The van der Waals surface area contributed by atoms with Gasteiger partial charge in [0.05, 0.1) is 32.6 Å². The Morgan fingerprint density at radius 1 is 1.10 bits per heavy atom. The molecule has 1 heterocycles. The molecule has 0 aliphatic rings. The predicted molar refractivity (Wildman–Crippen MR) is 108 cm³/mol. The number of methoxy groups -OCH3 is 2. The second kappa shape index (κ2) is 8.81. The van der Waals surface area contributed by atoms with E-state index in [1.165, 1.54) is 11.4 Å². The molecule has 3 aromatic rings. The van der Waals surface area contributed by atoms with E-state index in [0.29, 0.717) is 27.6 Å². The van der Waals surface area contributed by atoms with Crippen molar-refractivity contribution in [2.75, 3.05) is 20.5 Å². The van der Waals surface area contributed by atoms with Gasteiger partial charge in [0.2, 0.25) is 21.7 Å². The maximum atomic E-state index is 12.3. The van der Waals surface area contributed by atoms with E-state index in [4.69, 9.17) is 25.6 Å². The van der Waals surface area contributed by atoms with Crippen LogP contribution in [0.15, 0.2) is 47.0 Å². The molecule has 10 heteroatoms. The van der Waals surface area contributed by atoms with Crippen molar-refractivity contribution in [1.82, 2.24) is 14.4 Å². The Labute approximate surface area is 174 Å². The summed E-state index contributed by atoms with van der Waals surface area (Å²) in [4.78, 5) is 4.32. The summed E-state index contributed by atoms with van der Waals surface area (Å²) in [6.07, 6.45) is 1.12. The molecule has 0 saturated heterocycles. The first-order chi connectivity index (χ1) is 13.8. The summed E-state index contributed by atoms with van der Waals surface area (Å²) < 4.78 is 41.6. The van der Waals surface area contributed by atoms with Gasteiger partial charge in [0.1, 0.15) is 11.5 Å². The quantitative estimate of drug-likeness (QED) is 0.533. The molecule has 0 saturated carbocycles. The minimum Gasteiger partial charge on any atom is -0.497 e. The van der Waals surface area contributed by atoms with Crippen LogP contribution in [0.4, 0.5) is 0 Å². The van der Waals surface area contributed by atoms with Gasteiger partial charge in [0, 0.05) is 17.6 Å². The fourth-order valence-corrected chi connectivity index (χ4v) is 3.58. The van der Waals surface area contributed by atoms with Crippen molar-refractivity contribution in [3.63, 3.8) is 0 Å². The van der Waals surface area contributed by atoms with E-state index in [9.17, 15) is 8.42 Å². The zero-order chi connectivity index (χ0) is 21.0. The molecular formula is C19H20ClN3O5S. The average molecular weight is 438 g/mol. The van der Waals surface area contributed by atoms with E-state index in [-0.39, 0.29) is 24.8 Å². The Morgan fingerprint density at radius 3 is 2.52 bits per heavy atom. The van der Waals surface area contributed by atoms with Crippen molar-refractivity contribution in [2.24, 2.45) is 0 Å². The molecule has 1 aromatic heterocycles. The number of halogens is 1. The molecule has 3 rings (SSSR count). The topological polar surface area (TPSA) is 94.8 Å². The summed E-state index contributed by atoms with van der Waals surface area (Å²) >= 11 is 6.17. The number of sulfonamides is 1. The molecule has 0 unspecified atom stereocenters. The van der Waals surface area contributed by atoms with Crippen molar-refractivity contribution in [3.05, 3.63) is 58.9 Å². The summed E-state index contributed by atoms with van der Waals surface area (Å²) in [5.41, 5.74) is 1.27. The van der Waals surface area contributed by atoms with Crippen LogP contribution in [0.5, 0.6) is 11.5 Å². The Hall–Kier alpha value is -2.62. The molecule has 0 N–H and O–H groups in total. The van der Waals surface area contributed by atoms with Gasteiger partial charge in [-0.2, -0.15) is 9.29 Å². The minimum atomic E-state index is -3.55. The standard InChI is InChI=1S/C19H20ClN3O5S/c1-26-14-8-9-15(17(10-14)27-2)19-21-18(28-22-19)12-23(29(3,24)25)11-13-6-4-5-7-16(13)20/h4-10H,11-12H2,1-3H3. The third-order valence-electron chi connectivity index (χ3n) is 4.20. The molecule has 0 radical (unpaired) electrons. The third kappa shape index (κ3) is 5.06. The normalized spacial score (nSPS) is 11.6. The number of nitrogens with zero attached hydrogens (tertiary/aromatic N) is 3. The minimum absolute atomic E-state index is 0.0854. The maximum Gasteiger partial charge on any atom is 0.242 e. The first-order valence-corrected chi connectivity index (χ1v) is 10.8. The highest BCUT2D eigenvalue weighted by atomic mass is 35.5. The zero-order valence-corrected chi connectivity index (χ0v) is 17.7. The second-order valence-corrected chi connectivity index (χ2v) is 8.59. The molecule has 0 aliphatic carbocycles. The lowest BCUT2D eigenvalue weighted by Crippen LogP contribution is -2.29. The van der Waals surface area contributed by atoms with Crippen molar-refractivity contribution in [2.45, 2.75) is 13.1 Å². The van der Waals surface area contributed by atoms with E-state index >= 15 is 0 Å². The van der Waals surface area contributed by atoms with Gasteiger partial charge in [-0.15, -0.1) is 0 Å². The summed E-state index contributed by atoms with van der Waals surface area (Å²) in [5.74, 6) is 1.56. The number of ether oxygens (including phenoxy) is 2. The van der Waals surface area contributed by atoms with Gasteiger partial charge < -0.3 is 14.0 Å². The fourth-order valence-electron chi connectivity index (χ4n) is 2.67. The number of hydrogen-bond acceptors (Lipinski definition) is 7. The number of rotatable bonds is 8. The van der Waals surface area contributed by atoms with Crippen molar-refractivity contribution in [1.29, 1.82) is 0 Å². The van der Waals surface area contributed by atoms with E-state index in [2.05, 4.69) is 10.1 Å². The number of hydrogen-bond donors (Lipinski definition) is 0.